The SMILES string of the molecule is Brc1ccc2sc3c(-c4ccccc4)ncnc3c2c1. The molecule has 0 radical (unpaired) electrons. The van der Waals surface area contributed by atoms with E-state index >= 15 is 0 Å². The van der Waals surface area contributed by atoms with Crippen molar-refractivity contribution in [1.82, 2.24) is 9.97 Å². The van der Waals surface area contributed by atoms with Gasteiger partial charge in [-0.2, -0.15) is 0 Å². The molecular formula is C16H9BrN2S. The highest BCUT2D eigenvalue weighted by Crippen LogP contribution is 2.38. The van der Waals surface area contributed by atoms with Gasteiger partial charge in [-0.25, -0.2) is 9.97 Å². The van der Waals surface area contributed by atoms with E-state index in [-0.39, 0.29) is 0 Å². The Morgan fingerprint density at radius 1 is 0.950 bits per heavy atom. The first-order valence-corrected chi connectivity index (χ1v) is 7.82. The molecule has 2 aromatic heterocycles. The molecule has 96 valence electrons. The number of hydrogen-bond donors (Lipinski definition) is 0. The summed E-state index contributed by atoms with van der Waals surface area (Å²) in [4.78, 5) is 8.96. The van der Waals surface area contributed by atoms with Gasteiger partial charge < -0.3 is 0 Å². The first-order chi connectivity index (χ1) is 9.83. The average molecular weight is 341 g/mol. The van der Waals surface area contributed by atoms with Crippen LogP contribution in [0.15, 0.2) is 59.3 Å². The molecule has 0 saturated carbocycles. The molecule has 4 aromatic rings. The van der Waals surface area contributed by atoms with Gasteiger partial charge in [-0.15, -0.1) is 11.3 Å². The predicted molar refractivity (Wildman–Crippen MR) is 88.1 cm³/mol. The quantitative estimate of drug-likeness (QED) is 0.471. The van der Waals surface area contributed by atoms with E-state index in [1.807, 2.05) is 18.2 Å². The van der Waals surface area contributed by atoms with E-state index < -0.39 is 0 Å². The van der Waals surface area contributed by atoms with Gasteiger partial charge in [0, 0.05) is 20.1 Å². The number of benzene rings is 2. The van der Waals surface area contributed by atoms with Crippen molar-refractivity contribution >= 4 is 47.6 Å². The van der Waals surface area contributed by atoms with Crippen molar-refractivity contribution in [3.8, 4) is 11.3 Å². The van der Waals surface area contributed by atoms with Crippen LogP contribution in [0.2, 0.25) is 0 Å². The number of nitrogens with zero attached hydrogens (tertiary/aromatic N) is 2. The summed E-state index contributed by atoms with van der Waals surface area (Å²) in [6.07, 6.45) is 1.65. The van der Waals surface area contributed by atoms with Gasteiger partial charge in [-0.3, -0.25) is 0 Å². The third kappa shape index (κ3) is 1.84. The Hall–Kier alpha value is -1.78. The molecule has 4 heteroatoms. The van der Waals surface area contributed by atoms with E-state index in [2.05, 4.69) is 56.2 Å². The molecule has 0 unspecified atom stereocenters. The number of fused-ring (bicyclic) bond motifs is 3. The fraction of sp³-hybridized carbons (Fsp3) is 0. The monoisotopic (exact) mass is 340 g/mol. The van der Waals surface area contributed by atoms with Crippen LogP contribution < -0.4 is 0 Å². The minimum Gasteiger partial charge on any atom is -0.235 e. The molecule has 0 aliphatic carbocycles. The molecule has 2 aromatic carbocycles. The maximum Gasteiger partial charge on any atom is 0.116 e. The lowest BCUT2D eigenvalue weighted by atomic mass is 10.1. The van der Waals surface area contributed by atoms with E-state index in [4.69, 9.17) is 0 Å². The van der Waals surface area contributed by atoms with Crippen LogP contribution in [0.25, 0.3) is 31.6 Å². The zero-order chi connectivity index (χ0) is 13.5. The van der Waals surface area contributed by atoms with Crippen LogP contribution in [-0.4, -0.2) is 9.97 Å². The maximum absolute atomic E-state index is 4.48. The van der Waals surface area contributed by atoms with Crippen LogP contribution in [0.3, 0.4) is 0 Å². The average Bonchev–Trinajstić information content (AvgIpc) is 2.86. The standard InChI is InChI=1S/C16H9BrN2S/c17-11-6-7-13-12(8-11)15-16(20-13)14(18-9-19-15)10-4-2-1-3-5-10/h1-9H. The second-order valence-electron chi connectivity index (χ2n) is 4.51. The third-order valence-corrected chi connectivity index (χ3v) is 4.92. The van der Waals surface area contributed by atoms with E-state index in [0.29, 0.717) is 0 Å². The number of thiophene rings is 1. The number of halogens is 1. The Balaban J connectivity index is 2.11. The van der Waals surface area contributed by atoms with Crippen molar-refractivity contribution in [1.29, 1.82) is 0 Å². The smallest absolute Gasteiger partial charge is 0.116 e. The van der Waals surface area contributed by atoms with Gasteiger partial charge in [0.1, 0.15) is 6.33 Å². The highest BCUT2D eigenvalue weighted by molar-refractivity contribution is 9.10. The van der Waals surface area contributed by atoms with Crippen LogP contribution >= 0.6 is 27.3 Å². The van der Waals surface area contributed by atoms with Crippen molar-refractivity contribution in [3.05, 3.63) is 59.3 Å². The van der Waals surface area contributed by atoms with Crippen LogP contribution in [0.4, 0.5) is 0 Å². The number of aromatic nitrogens is 2. The minimum absolute atomic E-state index is 1.01. The van der Waals surface area contributed by atoms with Gasteiger partial charge in [0.25, 0.3) is 0 Å². The number of hydrogen-bond acceptors (Lipinski definition) is 3. The molecule has 2 heterocycles. The van der Waals surface area contributed by atoms with Gasteiger partial charge in [-0.1, -0.05) is 46.3 Å². The molecular weight excluding hydrogens is 332 g/mol. The van der Waals surface area contributed by atoms with E-state index in [1.165, 1.54) is 10.1 Å². The van der Waals surface area contributed by atoms with Gasteiger partial charge in [0.15, 0.2) is 0 Å². The molecule has 0 spiro atoms. The van der Waals surface area contributed by atoms with Gasteiger partial charge in [0.2, 0.25) is 0 Å². The van der Waals surface area contributed by atoms with Gasteiger partial charge >= 0.3 is 0 Å². The van der Waals surface area contributed by atoms with Crippen LogP contribution in [0, 0.1) is 0 Å². The summed E-state index contributed by atoms with van der Waals surface area (Å²) >= 11 is 5.27. The van der Waals surface area contributed by atoms with Crippen LogP contribution in [0.1, 0.15) is 0 Å². The Kier molecular flexibility index (Phi) is 2.79. The molecule has 0 fully saturated rings. The first-order valence-electron chi connectivity index (χ1n) is 6.21. The summed E-state index contributed by atoms with van der Waals surface area (Å²) in [7, 11) is 0. The van der Waals surface area contributed by atoms with Crippen molar-refractivity contribution in [2.24, 2.45) is 0 Å². The topological polar surface area (TPSA) is 25.8 Å². The molecule has 0 N–H and O–H groups in total. The Labute approximate surface area is 128 Å². The summed E-state index contributed by atoms with van der Waals surface area (Å²) in [6.45, 7) is 0. The number of rotatable bonds is 1. The molecule has 0 aliphatic heterocycles. The lowest BCUT2D eigenvalue weighted by molar-refractivity contribution is 1.24. The zero-order valence-corrected chi connectivity index (χ0v) is 12.8. The lowest BCUT2D eigenvalue weighted by Gasteiger charge is -2.00. The fourth-order valence-electron chi connectivity index (χ4n) is 2.35. The summed E-state index contributed by atoms with van der Waals surface area (Å²) in [6, 6.07) is 16.6. The molecule has 2 nitrogen and oxygen atoms in total. The van der Waals surface area contributed by atoms with Crippen molar-refractivity contribution < 1.29 is 0 Å². The van der Waals surface area contributed by atoms with E-state index in [1.54, 1.807) is 17.7 Å². The largest absolute Gasteiger partial charge is 0.235 e. The summed E-state index contributed by atoms with van der Waals surface area (Å²) < 4.78 is 3.46. The maximum atomic E-state index is 4.48. The minimum atomic E-state index is 1.01. The van der Waals surface area contributed by atoms with Crippen LogP contribution in [-0.2, 0) is 0 Å². The molecule has 0 bridgehead atoms. The van der Waals surface area contributed by atoms with Crippen LogP contribution in [0.5, 0.6) is 0 Å². The molecule has 0 amide bonds. The Bertz CT molecular complexity index is 916. The highest BCUT2D eigenvalue weighted by Gasteiger charge is 2.12. The normalized spacial score (nSPS) is 11.2. The molecule has 0 saturated heterocycles. The first kappa shape index (κ1) is 12.0. The summed E-state index contributed by atoms with van der Waals surface area (Å²) in [5.74, 6) is 0. The van der Waals surface area contributed by atoms with Crippen molar-refractivity contribution in [3.63, 3.8) is 0 Å². The molecule has 0 atom stereocenters. The molecule has 20 heavy (non-hydrogen) atoms. The van der Waals surface area contributed by atoms with E-state index in [0.717, 1.165) is 25.9 Å². The van der Waals surface area contributed by atoms with Crippen molar-refractivity contribution in [2.75, 3.05) is 0 Å². The predicted octanol–water partition coefficient (Wildman–Crippen LogP) is 5.27. The highest BCUT2D eigenvalue weighted by atomic mass is 79.9. The second-order valence-corrected chi connectivity index (χ2v) is 6.48. The third-order valence-electron chi connectivity index (χ3n) is 3.26. The lowest BCUT2D eigenvalue weighted by Crippen LogP contribution is -1.85. The Morgan fingerprint density at radius 2 is 1.80 bits per heavy atom. The van der Waals surface area contributed by atoms with Gasteiger partial charge in [-0.05, 0) is 18.2 Å². The summed E-state index contributed by atoms with van der Waals surface area (Å²) in [5.41, 5.74) is 3.17. The Morgan fingerprint density at radius 3 is 2.65 bits per heavy atom. The molecule has 0 aliphatic rings. The second kappa shape index (κ2) is 4.65. The fourth-order valence-corrected chi connectivity index (χ4v) is 3.86. The van der Waals surface area contributed by atoms with Crippen molar-refractivity contribution in [2.45, 2.75) is 0 Å². The molecule has 4 rings (SSSR count). The van der Waals surface area contributed by atoms with Gasteiger partial charge in [0.05, 0.1) is 15.9 Å². The van der Waals surface area contributed by atoms with E-state index in [9.17, 15) is 0 Å². The summed E-state index contributed by atoms with van der Waals surface area (Å²) in [5, 5.41) is 1.18. The zero-order valence-electron chi connectivity index (χ0n) is 10.4.